The maximum absolute atomic E-state index is 12.0. The summed E-state index contributed by atoms with van der Waals surface area (Å²) < 4.78 is 28.2. The van der Waals surface area contributed by atoms with E-state index in [0.29, 0.717) is 6.42 Å². The highest BCUT2D eigenvalue weighted by Gasteiger charge is 2.24. The summed E-state index contributed by atoms with van der Waals surface area (Å²) >= 11 is 4.60. The van der Waals surface area contributed by atoms with Crippen molar-refractivity contribution in [2.45, 2.75) is 76.7 Å². The van der Waals surface area contributed by atoms with Crippen LogP contribution in [0.2, 0.25) is 0 Å². The molecule has 0 saturated heterocycles. The maximum atomic E-state index is 12.0. The normalized spacial score (nSPS) is 12.0. The van der Waals surface area contributed by atoms with Crippen molar-refractivity contribution in [3.8, 4) is 0 Å². The summed E-state index contributed by atoms with van der Waals surface area (Å²) in [5, 5.41) is 0. The van der Waals surface area contributed by atoms with E-state index in [9.17, 15) is 8.78 Å². The van der Waals surface area contributed by atoms with Crippen molar-refractivity contribution in [1.29, 1.82) is 0 Å². The Morgan fingerprint density at radius 2 is 1.24 bits per heavy atom. The van der Waals surface area contributed by atoms with Crippen molar-refractivity contribution in [2.24, 2.45) is 0 Å². The smallest absolute Gasteiger partial charge is 0.307 e. The SMILES string of the molecule is CCCCCCCCCCCCOC(F)(F)Cl. The van der Waals surface area contributed by atoms with Gasteiger partial charge in [0.25, 0.3) is 0 Å². The Kier molecular flexibility index (Phi) is 11.3. The highest BCUT2D eigenvalue weighted by atomic mass is 35.5. The Bertz CT molecular complexity index is 160. The van der Waals surface area contributed by atoms with Gasteiger partial charge in [-0.1, -0.05) is 64.7 Å². The molecule has 0 heterocycles. The van der Waals surface area contributed by atoms with Crippen LogP contribution in [0.1, 0.15) is 71.1 Å². The molecule has 17 heavy (non-hydrogen) atoms. The van der Waals surface area contributed by atoms with E-state index in [2.05, 4.69) is 23.3 Å². The van der Waals surface area contributed by atoms with Crippen LogP contribution in [0.5, 0.6) is 0 Å². The summed E-state index contributed by atoms with van der Waals surface area (Å²) in [4.78, 5) is 0. The van der Waals surface area contributed by atoms with E-state index >= 15 is 0 Å². The predicted octanol–water partition coefficient (Wildman–Crippen LogP) is 5.71. The highest BCUT2D eigenvalue weighted by Crippen LogP contribution is 2.20. The molecule has 0 aliphatic carbocycles. The van der Waals surface area contributed by atoms with Gasteiger partial charge >= 0.3 is 5.57 Å². The van der Waals surface area contributed by atoms with Crippen LogP contribution in [0.4, 0.5) is 8.78 Å². The minimum absolute atomic E-state index is 0.0486. The summed E-state index contributed by atoms with van der Waals surface area (Å²) in [6.07, 6.45) is 11.8. The van der Waals surface area contributed by atoms with Crippen molar-refractivity contribution in [3.05, 3.63) is 0 Å². The molecule has 0 aliphatic heterocycles. The molecule has 0 rings (SSSR count). The van der Waals surface area contributed by atoms with Crippen molar-refractivity contribution in [1.82, 2.24) is 0 Å². The lowest BCUT2D eigenvalue weighted by Crippen LogP contribution is -2.12. The Morgan fingerprint density at radius 3 is 1.65 bits per heavy atom. The summed E-state index contributed by atoms with van der Waals surface area (Å²) in [5.41, 5.74) is -3.49. The van der Waals surface area contributed by atoms with Crippen LogP contribution in [-0.4, -0.2) is 12.2 Å². The second kappa shape index (κ2) is 11.2. The molecule has 0 saturated carbocycles. The fourth-order valence-corrected chi connectivity index (χ4v) is 1.85. The third-order valence-corrected chi connectivity index (χ3v) is 2.87. The van der Waals surface area contributed by atoms with Crippen LogP contribution >= 0.6 is 11.6 Å². The van der Waals surface area contributed by atoms with Gasteiger partial charge in [-0.15, -0.1) is 0 Å². The first kappa shape index (κ1) is 17.1. The van der Waals surface area contributed by atoms with E-state index in [1.165, 1.54) is 44.9 Å². The number of rotatable bonds is 12. The van der Waals surface area contributed by atoms with E-state index < -0.39 is 5.57 Å². The third kappa shape index (κ3) is 16.1. The van der Waals surface area contributed by atoms with Gasteiger partial charge in [-0.3, -0.25) is 0 Å². The van der Waals surface area contributed by atoms with Crippen molar-refractivity contribution >= 4 is 11.6 Å². The van der Waals surface area contributed by atoms with Gasteiger partial charge in [0.2, 0.25) is 0 Å². The molecule has 4 heteroatoms. The van der Waals surface area contributed by atoms with E-state index in [1.54, 1.807) is 0 Å². The van der Waals surface area contributed by atoms with Gasteiger partial charge in [0.15, 0.2) is 0 Å². The zero-order valence-corrected chi connectivity index (χ0v) is 11.6. The Labute approximate surface area is 109 Å². The fourth-order valence-electron chi connectivity index (χ4n) is 1.78. The van der Waals surface area contributed by atoms with Crippen LogP contribution in [0.25, 0.3) is 0 Å². The second-order valence-electron chi connectivity index (χ2n) is 4.48. The highest BCUT2D eigenvalue weighted by molar-refractivity contribution is 6.20. The molecule has 0 unspecified atom stereocenters. The molecule has 0 aromatic carbocycles. The van der Waals surface area contributed by atoms with Crippen LogP contribution in [0.3, 0.4) is 0 Å². The van der Waals surface area contributed by atoms with Gasteiger partial charge in [-0.05, 0) is 18.0 Å². The van der Waals surface area contributed by atoms with Crippen molar-refractivity contribution in [3.63, 3.8) is 0 Å². The van der Waals surface area contributed by atoms with Crippen LogP contribution in [0, 0.1) is 0 Å². The molecule has 0 radical (unpaired) electrons. The summed E-state index contributed by atoms with van der Waals surface area (Å²) in [6.45, 7) is 2.26. The van der Waals surface area contributed by atoms with Crippen LogP contribution < -0.4 is 0 Å². The molecule has 0 aromatic heterocycles. The molecule has 0 aliphatic rings. The topological polar surface area (TPSA) is 9.23 Å². The van der Waals surface area contributed by atoms with Gasteiger partial charge in [-0.2, -0.15) is 8.78 Å². The van der Waals surface area contributed by atoms with E-state index in [0.717, 1.165) is 12.8 Å². The predicted molar refractivity (Wildman–Crippen MR) is 68.6 cm³/mol. The van der Waals surface area contributed by atoms with E-state index in [1.807, 2.05) is 0 Å². The van der Waals surface area contributed by atoms with Gasteiger partial charge in [0.1, 0.15) is 0 Å². The van der Waals surface area contributed by atoms with Crippen LogP contribution in [0.15, 0.2) is 0 Å². The number of unbranched alkanes of at least 4 members (excludes halogenated alkanes) is 9. The number of alkyl halides is 3. The van der Waals surface area contributed by atoms with Gasteiger partial charge in [-0.25, -0.2) is 0 Å². The Morgan fingerprint density at radius 1 is 0.824 bits per heavy atom. The molecule has 0 bridgehead atoms. The molecule has 0 N–H and O–H groups in total. The molecular formula is C13H25ClF2O. The average molecular weight is 271 g/mol. The number of hydrogen-bond donors (Lipinski definition) is 0. The van der Waals surface area contributed by atoms with Crippen LogP contribution in [-0.2, 0) is 4.74 Å². The fraction of sp³-hybridized carbons (Fsp3) is 1.00. The van der Waals surface area contributed by atoms with Gasteiger partial charge in [0.05, 0.1) is 6.61 Å². The lowest BCUT2D eigenvalue weighted by Gasteiger charge is -2.08. The maximum Gasteiger partial charge on any atom is 0.440 e. The summed E-state index contributed by atoms with van der Waals surface area (Å²) in [5.74, 6) is 0. The lowest BCUT2D eigenvalue weighted by molar-refractivity contribution is -0.170. The third-order valence-electron chi connectivity index (χ3n) is 2.76. The number of ether oxygens (including phenoxy) is 1. The first-order valence-corrected chi connectivity index (χ1v) is 7.14. The molecule has 1 nitrogen and oxygen atoms in total. The summed E-state index contributed by atoms with van der Waals surface area (Å²) in [7, 11) is 0. The summed E-state index contributed by atoms with van der Waals surface area (Å²) in [6, 6.07) is 0. The Hall–Kier alpha value is 0.110. The van der Waals surface area contributed by atoms with Crippen molar-refractivity contribution in [2.75, 3.05) is 6.61 Å². The monoisotopic (exact) mass is 270 g/mol. The Balaban J connectivity index is 2.99. The van der Waals surface area contributed by atoms with Crippen molar-refractivity contribution < 1.29 is 13.5 Å². The molecule has 104 valence electrons. The molecule has 0 fully saturated rings. The molecular weight excluding hydrogens is 246 g/mol. The quantitative estimate of drug-likeness (QED) is 0.326. The standard InChI is InChI=1S/C13H25ClF2O/c1-2-3-4-5-6-7-8-9-10-11-12-17-13(14,15)16/h2-12H2,1H3. The zero-order chi connectivity index (χ0) is 13.0. The average Bonchev–Trinajstić information content (AvgIpc) is 2.24. The minimum atomic E-state index is -3.49. The first-order valence-electron chi connectivity index (χ1n) is 6.77. The molecule has 0 amide bonds. The molecule has 0 atom stereocenters. The van der Waals surface area contributed by atoms with Gasteiger partial charge < -0.3 is 4.74 Å². The molecule has 0 aromatic rings. The molecule has 0 spiro atoms. The first-order chi connectivity index (χ1) is 8.06. The van der Waals surface area contributed by atoms with E-state index in [4.69, 9.17) is 0 Å². The zero-order valence-electron chi connectivity index (χ0n) is 10.8. The lowest BCUT2D eigenvalue weighted by atomic mass is 10.1. The number of hydrogen-bond acceptors (Lipinski definition) is 1. The second-order valence-corrected chi connectivity index (χ2v) is 4.92. The van der Waals surface area contributed by atoms with E-state index in [-0.39, 0.29) is 6.61 Å². The largest absolute Gasteiger partial charge is 0.440 e. The minimum Gasteiger partial charge on any atom is -0.307 e. The van der Waals surface area contributed by atoms with Gasteiger partial charge in [0, 0.05) is 0 Å². The number of halogens is 3.